The molecule has 0 aliphatic heterocycles. The van der Waals surface area contributed by atoms with Gasteiger partial charge in [0.05, 0.1) is 5.60 Å². The average Bonchev–Trinajstić information content (AvgIpc) is 2.98. The van der Waals surface area contributed by atoms with Crippen molar-refractivity contribution >= 4 is 5.78 Å². The molecular formula is C22H32O3. The molecule has 5 saturated carbocycles. The maximum Gasteiger partial charge on any atom is 0.161 e. The van der Waals surface area contributed by atoms with Crippen molar-refractivity contribution in [2.45, 2.75) is 63.9 Å². The van der Waals surface area contributed by atoms with Crippen molar-refractivity contribution in [3.05, 3.63) is 12.2 Å². The third-order valence-electron chi connectivity index (χ3n) is 9.62. The van der Waals surface area contributed by atoms with Gasteiger partial charge in [-0.25, -0.2) is 0 Å². The minimum absolute atomic E-state index is 0.0779. The zero-order valence-electron chi connectivity index (χ0n) is 15.4. The van der Waals surface area contributed by atoms with Gasteiger partial charge in [-0.15, -0.1) is 0 Å². The monoisotopic (exact) mass is 344 g/mol. The van der Waals surface area contributed by atoms with Crippen LogP contribution in [0.2, 0.25) is 0 Å². The number of carbonyl (C=O) groups is 1. The molecule has 0 aromatic rings. The SMILES string of the molecule is C=C1C2C3CCC4C(CCC5(C)C(C(=O)CO)CCC45)C3CCC12O. The van der Waals surface area contributed by atoms with E-state index >= 15 is 0 Å². The van der Waals surface area contributed by atoms with Crippen LogP contribution in [0.5, 0.6) is 0 Å². The van der Waals surface area contributed by atoms with Crippen molar-refractivity contribution in [1.82, 2.24) is 0 Å². The van der Waals surface area contributed by atoms with E-state index in [9.17, 15) is 15.0 Å². The Kier molecular flexibility index (Phi) is 3.43. The van der Waals surface area contributed by atoms with Crippen LogP contribution in [0.1, 0.15) is 58.3 Å². The van der Waals surface area contributed by atoms with Crippen LogP contribution in [0.25, 0.3) is 0 Å². The number of hydrogen-bond donors (Lipinski definition) is 2. The lowest BCUT2D eigenvalue weighted by molar-refractivity contribution is -0.133. The van der Waals surface area contributed by atoms with Crippen molar-refractivity contribution in [3.8, 4) is 0 Å². The lowest BCUT2D eigenvalue weighted by Crippen LogP contribution is -2.50. The number of Topliss-reactive ketones (excluding diaryl/α,β-unsaturated/α-hetero) is 1. The third-order valence-corrected chi connectivity index (χ3v) is 9.62. The van der Waals surface area contributed by atoms with Crippen molar-refractivity contribution in [3.63, 3.8) is 0 Å². The average molecular weight is 344 g/mol. The molecule has 9 unspecified atom stereocenters. The maximum atomic E-state index is 12.3. The highest BCUT2D eigenvalue weighted by atomic mass is 16.3. The number of hydrogen-bond acceptors (Lipinski definition) is 3. The molecule has 5 aliphatic rings. The van der Waals surface area contributed by atoms with E-state index in [4.69, 9.17) is 0 Å². The Morgan fingerprint density at radius 3 is 2.48 bits per heavy atom. The summed E-state index contributed by atoms with van der Waals surface area (Å²) in [4.78, 5) is 12.3. The summed E-state index contributed by atoms with van der Waals surface area (Å²) < 4.78 is 0. The molecular weight excluding hydrogens is 312 g/mol. The van der Waals surface area contributed by atoms with Crippen molar-refractivity contribution < 1.29 is 15.0 Å². The first kappa shape index (κ1) is 16.5. The third kappa shape index (κ3) is 1.97. The summed E-state index contributed by atoms with van der Waals surface area (Å²) in [5, 5.41) is 20.1. The molecule has 138 valence electrons. The van der Waals surface area contributed by atoms with Crippen molar-refractivity contribution in [2.75, 3.05) is 6.61 Å². The van der Waals surface area contributed by atoms with E-state index in [1.165, 1.54) is 32.1 Å². The number of rotatable bonds is 2. The van der Waals surface area contributed by atoms with Gasteiger partial charge in [-0.3, -0.25) is 4.79 Å². The number of aliphatic hydroxyl groups is 2. The van der Waals surface area contributed by atoms with E-state index in [-0.39, 0.29) is 23.7 Å². The first-order valence-electron chi connectivity index (χ1n) is 10.5. The molecule has 3 nitrogen and oxygen atoms in total. The summed E-state index contributed by atoms with van der Waals surface area (Å²) in [6.45, 7) is 6.23. The molecule has 0 aromatic heterocycles. The van der Waals surface area contributed by atoms with Crippen LogP contribution in [0, 0.1) is 46.8 Å². The van der Waals surface area contributed by atoms with Gasteiger partial charge in [-0.2, -0.15) is 0 Å². The Labute approximate surface area is 150 Å². The Hall–Kier alpha value is -0.670. The van der Waals surface area contributed by atoms with Crippen molar-refractivity contribution in [2.24, 2.45) is 46.8 Å². The van der Waals surface area contributed by atoms with Gasteiger partial charge in [0.1, 0.15) is 6.61 Å². The van der Waals surface area contributed by atoms with Crippen LogP contribution in [0.4, 0.5) is 0 Å². The predicted octanol–water partition coefficient (Wildman–Crippen LogP) is 3.34. The molecule has 0 heterocycles. The van der Waals surface area contributed by atoms with E-state index in [2.05, 4.69) is 13.5 Å². The van der Waals surface area contributed by atoms with Gasteiger partial charge in [-0.1, -0.05) is 13.5 Å². The fraction of sp³-hybridized carbons (Fsp3) is 0.864. The number of aliphatic hydroxyl groups excluding tert-OH is 1. The van der Waals surface area contributed by atoms with Crippen LogP contribution in [0.3, 0.4) is 0 Å². The topological polar surface area (TPSA) is 57.5 Å². The lowest BCUT2D eigenvalue weighted by Gasteiger charge is -2.55. The molecule has 5 fully saturated rings. The van der Waals surface area contributed by atoms with Gasteiger partial charge in [0, 0.05) is 11.8 Å². The highest BCUT2D eigenvalue weighted by Crippen LogP contribution is 2.70. The van der Waals surface area contributed by atoms with E-state index < -0.39 is 5.60 Å². The fourth-order valence-corrected chi connectivity index (χ4v) is 8.43. The predicted molar refractivity (Wildman–Crippen MR) is 95.7 cm³/mol. The summed E-state index contributed by atoms with van der Waals surface area (Å²) in [5.41, 5.74) is 0.726. The smallest absolute Gasteiger partial charge is 0.161 e. The van der Waals surface area contributed by atoms with Crippen LogP contribution in [-0.2, 0) is 4.79 Å². The normalized spacial score (nSPS) is 56.4. The molecule has 0 saturated heterocycles. The number of fused-ring (bicyclic) bond motifs is 7. The highest BCUT2D eigenvalue weighted by molar-refractivity contribution is 5.83. The summed E-state index contributed by atoms with van der Waals surface area (Å²) in [6, 6.07) is 0. The summed E-state index contributed by atoms with van der Waals surface area (Å²) in [5.74, 6) is 4.18. The van der Waals surface area contributed by atoms with Gasteiger partial charge in [0.2, 0.25) is 0 Å². The molecule has 0 spiro atoms. The van der Waals surface area contributed by atoms with Crippen LogP contribution < -0.4 is 0 Å². The first-order valence-corrected chi connectivity index (χ1v) is 10.5. The summed E-state index contributed by atoms with van der Waals surface area (Å²) >= 11 is 0. The maximum absolute atomic E-state index is 12.3. The Balaban J connectivity index is 1.39. The van der Waals surface area contributed by atoms with Crippen LogP contribution in [-0.4, -0.2) is 28.2 Å². The molecule has 0 aromatic carbocycles. The largest absolute Gasteiger partial charge is 0.389 e. The van der Waals surface area contributed by atoms with E-state index in [1.807, 2.05) is 0 Å². The van der Waals surface area contributed by atoms with Crippen LogP contribution >= 0.6 is 0 Å². The second-order valence-corrected chi connectivity index (χ2v) is 10.1. The Morgan fingerprint density at radius 1 is 1.04 bits per heavy atom. The highest BCUT2D eigenvalue weighted by Gasteiger charge is 2.67. The Morgan fingerprint density at radius 2 is 1.72 bits per heavy atom. The molecule has 0 amide bonds. The first-order chi connectivity index (χ1) is 11.9. The zero-order valence-corrected chi connectivity index (χ0v) is 15.4. The zero-order chi connectivity index (χ0) is 17.6. The molecule has 5 aliphatic carbocycles. The van der Waals surface area contributed by atoms with Gasteiger partial charge in [0.15, 0.2) is 5.78 Å². The second-order valence-electron chi connectivity index (χ2n) is 10.1. The summed E-state index contributed by atoms with van der Waals surface area (Å²) in [6.07, 6.45) is 9.15. The van der Waals surface area contributed by atoms with E-state index in [1.54, 1.807) is 0 Å². The minimum atomic E-state index is -0.511. The minimum Gasteiger partial charge on any atom is -0.389 e. The van der Waals surface area contributed by atoms with Gasteiger partial charge in [0.25, 0.3) is 0 Å². The van der Waals surface area contributed by atoms with E-state index in [0.717, 1.165) is 42.6 Å². The van der Waals surface area contributed by atoms with E-state index in [0.29, 0.717) is 17.8 Å². The van der Waals surface area contributed by atoms with Gasteiger partial charge in [-0.05, 0) is 91.9 Å². The molecule has 3 heteroatoms. The fourth-order valence-electron chi connectivity index (χ4n) is 8.43. The molecule has 2 N–H and O–H groups in total. The molecule has 5 rings (SSSR count). The molecule has 0 bridgehead atoms. The Bertz CT molecular complexity index is 627. The molecule has 0 radical (unpaired) electrons. The summed E-state index contributed by atoms with van der Waals surface area (Å²) in [7, 11) is 0. The molecule has 25 heavy (non-hydrogen) atoms. The van der Waals surface area contributed by atoms with Crippen molar-refractivity contribution in [1.29, 1.82) is 0 Å². The number of carbonyl (C=O) groups excluding carboxylic acids is 1. The number of ketones is 1. The van der Waals surface area contributed by atoms with Gasteiger partial charge >= 0.3 is 0 Å². The molecule has 9 atom stereocenters. The standard InChI is InChI=1S/C22H32O3/c1-12-20-16-4-3-15-13(14(16)8-10-22(12,20)25)7-9-21(2)17(15)5-6-18(21)19(24)11-23/h13-18,20,23,25H,1,3-11H2,2H3. The van der Waals surface area contributed by atoms with Gasteiger partial charge < -0.3 is 10.2 Å². The van der Waals surface area contributed by atoms with Crippen LogP contribution in [0.15, 0.2) is 12.2 Å². The second kappa shape index (κ2) is 5.19. The quantitative estimate of drug-likeness (QED) is 0.755. The lowest BCUT2D eigenvalue weighted by atomic mass is 9.49.